The van der Waals surface area contributed by atoms with Crippen molar-refractivity contribution in [1.82, 2.24) is 19.7 Å². The summed E-state index contributed by atoms with van der Waals surface area (Å²) in [5.41, 5.74) is 3.78. The quantitative estimate of drug-likeness (QED) is 0.670. The molecule has 0 bridgehead atoms. The zero-order chi connectivity index (χ0) is 20.4. The number of carbonyl (C=O) groups excluding carboxylic acids is 1. The number of aryl methyl sites for hydroxylation is 2. The second kappa shape index (κ2) is 8.23. The lowest BCUT2D eigenvalue weighted by molar-refractivity contribution is -0.138. The minimum Gasteiger partial charge on any atom is -0.464 e. The number of pyridine rings is 1. The van der Waals surface area contributed by atoms with Crippen LogP contribution in [0.5, 0.6) is 5.88 Å². The summed E-state index contributed by atoms with van der Waals surface area (Å²) in [6, 6.07) is 12.1. The summed E-state index contributed by atoms with van der Waals surface area (Å²) in [6.45, 7) is 5.43. The van der Waals surface area contributed by atoms with E-state index in [4.69, 9.17) is 4.74 Å². The van der Waals surface area contributed by atoms with Crippen LogP contribution in [0, 0.1) is 6.92 Å². The molecule has 0 unspecified atom stereocenters. The summed E-state index contributed by atoms with van der Waals surface area (Å²) in [7, 11) is 1.88. The highest BCUT2D eigenvalue weighted by molar-refractivity contribution is 5.95. The molecular weight excluding hydrogens is 364 g/mol. The molecule has 1 aromatic carbocycles. The van der Waals surface area contributed by atoms with Crippen molar-refractivity contribution in [3.63, 3.8) is 0 Å². The second-order valence-electron chi connectivity index (χ2n) is 7.78. The molecular formula is C23H28N4O2. The monoisotopic (exact) mass is 392 g/mol. The number of likely N-dealkylation sites (tertiary alicyclic amines) is 1. The van der Waals surface area contributed by atoms with Crippen molar-refractivity contribution in [3.8, 4) is 17.0 Å². The van der Waals surface area contributed by atoms with Crippen molar-refractivity contribution in [2.45, 2.75) is 45.6 Å². The number of fused-ring (bicyclic) bond motifs is 1. The number of nitrogens with zero attached hydrogens (tertiary/aromatic N) is 4. The molecule has 1 aliphatic rings. The van der Waals surface area contributed by atoms with Crippen molar-refractivity contribution in [2.24, 2.45) is 7.05 Å². The summed E-state index contributed by atoms with van der Waals surface area (Å²) in [6.07, 6.45) is 3.94. The van der Waals surface area contributed by atoms with Gasteiger partial charge in [0.05, 0.1) is 11.1 Å². The van der Waals surface area contributed by atoms with E-state index in [0.29, 0.717) is 5.88 Å². The van der Waals surface area contributed by atoms with Gasteiger partial charge in [-0.1, -0.05) is 43.2 Å². The smallest absolute Gasteiger partial charge is 0.263 e. The van der Waals surface area contributed by atoms with Crippen molar-refractivity contribution >= 4 is 16.9 Å². The lowest BCUT2D eigenvalue weighted by Crippen LogP contribution is -2.41. The van der Waals surface area contributed by atoms with Gasteiger partial charge in [-0.15, -0.1) is 0 Å². The largest absolute Gasteiger partial charge is 0.464 e. The molecule has 3 heterocycles. The molecule has 152 valence electrons. The molecule has 2 aromatic heterocycles. The fourth-order valence-corrected chi connectivity index (χ4v) is 4.11. The predicted octanol–water partition coefficient (Wildman–Crippen LogP) is 4.11. The Morgan fingerprint density at radius 2 is 1.79 bits per heavy atom. The van der Waals surface area contributed by atoms with Gasteiger partial charge in [-0.05, 0) is 37.8 Å². The Morgan fingerprint density at radius 3 is 2.48 bits per heavy atom. The summed E-state index contributed by atoms with van der Waals surface area (Å²) < 4.78 is 7.83. The van der Waals surface area contributed by atoms with E-state index < -0.39 is 6.10 Å². The minimum absolute atomic E-state index is 0.0382. The van der Waals surface area contributed by atoms with Gasteiger partial charge in [0, 0.05) is 26.2 Å². The Morgan fingerprint density at radius 1 is 1.10 bits per heavy atom. The van der Waals surface area contributed by atoms with Crippen molar-refractivity contribution in [1.29, 1.82) is 0 Å². The fourth-order valence-electron chi connectivity index (χ4n) is 4.11. The third-order valence-corrected chi connectivity index (χ3v) is 5.59. The first-order valence-electron chi connectivity index (χ1n) is 10.4. The maximum Gasteiger partial charge on any atom is 0.263 e. The van der Waals surface area contributed by atoms with Gasteiger partial charge in [-0.25, -0.2) is 0 Å². The van der Waals surface area contributed by atoms with Crippen LogP contribution in [0.25, 0.3) is 22.2 Å². The Labute approximate surface area is 171 Å². The molecule has 29 heavy (non-hydrogen) atoms. The summed E-state index contributed by atoms with van der Waals surface area (Å²) in [5.74, 6) is 0.492. The average Bonchev–Trinajstić information content (AvgIpc) is 2.92. The third kappa shape index (κ3) is 3.97. The van der Waals surface area contributed by atoms with Crippen molar-refractivity contribution in [2.75, 3.05) is 13.1 Å². The van der Waals surface area contributed by atoms with E-state index in [9.17, 15) is 4.79 Å². The molecule has 1 atom stereocenters. The van der Waals surface area contributed by atoms with Gasteiger partial charge < -0.3 is 9.64 Å². The normalized spacial score (nSPS) is 15.9. The number of hydrogen-bond donors (Lipinski definition) is 0. The van der Waals surface area contributed by atoms with E-state index in [0.717, 1.165) is 53.8 Å². The lowest BCUT2D eigenvalue weighted by atomic mass is 10.0. The first-order valence-corrected chi connectivity index (χ1v) is 10.4. The summed E-state index contributed by atoms with van der Waals surface area (Å²) in [5, 5.41) is 5.55. The summed E-state index contributed by atoms with van der Waals surface area (Å²) >= 11 is 0. The third-order valence-electron chi connectivity index (χ3n) is 5.59. The molecule has 1 aliphatic heterocycles. The van der Waals surface area contributed by atoms with Gasteiger partial charge >= 0.3 is 0 Å². The number of hydrogen-bond acceptors (Lipinski definition) is 4. The molecule has 6 nitrogen and oxygen atoms in total. The maximum absolute atomic E-state index is 12.9. The van der Waals surface area contributed by atoms with Crippen LogP contribution < -0.4 is 4.74 Å². The van der Waals surface area contributed by atoms with Gasteiger partial charge in [0.25, 0.3) is 5.91 Å². The highest BCUT2D eigenvalue weighted by Gasteiger charge is 2.24. The lowest BCUT2D eigenvalue weighted by Gasteiger charge is -2.24. The zero-order valence-corrected chi connectivity index (χ0v) is 17.4. The highest BCUT2D eigenvalue weighted by atomic mass is 16.5. The Bertz CT molecular complexity index is 1000. The second-order valence-corrected chi connectivity index (χ2v) is 7.78. The number of rotatable bonds is 4. The van der Waals surface area contributed by atoms with Gasteiger partial charge in [0.1, 0.15) is 0 Å². The molecule has 1 fully saturated rings. The van der Waals surface area contributed by atoms with Gasteiger partial charge in [0.15, 0.2) is 11.8 Å². The number of carbonyl (C=O) groups is 1. The standard InChI is InChI=1S/C23H28N4O2/c1-16-21-19(18-11-7-6-8-12-18)15-20(24-22(21)26(3)25-16)29-17(2)23(28)27-13-9-4-5-10-14-27/h6-8,11-12,15,17H,4-5,9-10,13-14H2,1-3H3/t17-/m1/s1. The first-order chi connectivity index (χ1) is 14.0. The molecule has 0 radical (unpaired) electrons. The van der Waals surface area contributed by atoms with Crippen LogP contribution in [-0.2, 0) is 11.8 Å². The predicted molar refractivity (Wildman–Crippen MR) is 114 cm³/mol. The number of ether oxygens (including phenoxy) is 1. The topological polar surface area (TPSA) is 60.2 Å². The molecule has 0 N–H and O–H groups in total. The van der Waals surface area contributed by atoms with Crippen LogP contribution in [0.1, 0.15) is 38.3 Å². The first kappa shape index (κ1) is 19.4. The van der Waals surface area contributed by atoms with E-state index in [-0.39, 0.29) is 5.91 Å². The van der Waals surface area contributed by atoms with Crippen LogP contribution >= 0.6 is 0 Å². The van der Waals surface area contributed by atoms with E-state index in [1.165, 1.54) is 12.8 Å². The molecule has 0 aliphatic carbocycles. The van der Waals surface area contributed by atoms with E-state index >= 15 is 0 Å². The number of aromatic nitrogens is 3. The van der Waals surface area contributed by atoms with Crippen LogP contribution in [0.4, 0.5) is 0 Å². The zero-order valence-electron chi connectivity index (χ0n) is 17.4. The Kier molecular flexibility index (Phi) is 5.51. The molecule has 1 amide bonds. The Hall–Kier alpha value is -2.89. The van der Waals surface area contributed by atoms with Gasteiger partial charge in [0.2, 0.25) is 5.88 Å². The van der Waals surface area contributed by atoms with Gasteiger partial charge in [-0.2, -0.15) is 10.1 Å². The van der Waals surface area contributed by atoms with E-state index in [1.54, 1.807) is 4.68 Å². The number of amides is 1. The highest BCUT2D eigenvalue weighted by Crippen LogP contribution is 2.33. The molecule has 0 saturated carbocycles. The molecule has 0 spiro atoms. The number of benzene rings is 1. The molecule has 4 rings (SSSR count). The molecule has 6 heteroatoms. The van der Waals surface area contributed by atoms with Crippen LogP contribution in [-0.4, -0.2) is 44.8 Å². The van der Waals surface area contributed by atoms with Crippen molar-refractivity contribution in [3.05, 3.63) is 42.1 Å². The van der Waals surface area contributed by atoms with Crippen molar-refractivity contribution < 1.29 is 9.53 Å². The van der Waals surface area contributed by atoms with Gasteiger partial charge in [-0.3, -0.25) is 9.48 Å². The van der Waals surface area contributed by atoms with Crippen LogP contribution in [0.2, 0.25) is 0 Å². The van der Waals surface area contributed by atoms with Crippen LogP contribution in [0.15, 0.2) is 36.4 Å². The SMILES string of the molecule is Cc1nn(C)c2nc(O[C@H](C)C(=O)N3CCCCCC3)cc(-c3ccccc3)c12. The fraction of sp³-hybridized carbons (Fsp3) is 0.435. The molecule has 3 aromatic rings. The Balaban J connectivity index is 1.67. The van der Waals surface area contributed by atoms with E-state index in [2.05, 4.69) is 22.2 Å². The average molecular weight is 393 g/mol. The minimum atomic E-state index is -0.573. The van der Waals surface area contributed by atoms with Crippen LogP contribution in [0.3, 0.4) is 0 Å². The summed E-state index contributed by atoms with van der Waals surface area (Å²) in [4.78, 5) is 19.5. The van der Waals surface area contributed by atoms with E-state index in [1.807, 2.05) is 50.1 Å². The maximum atomic E-state index is 12.9. The molecule has 1 saturated heterocycles.